The van der Waals surface area contributed by atoms with E-state index in [0.717, 1.165) is 23.9 Å². The Hall–Kier alpha value is 0.650. The first-order valence-corrected chi connectivity index (χ1v) is 5.17. The molecule has 0 aromatic rings. The van der Waals surface area contributed by atoms with Crippen molar-refractivity contribution in [2.75, 3.05) is 17.6 Å². The fourth-order valence-electron chi connectivity index (χ4n) is 1.13. The fourth-order valence-corrected chi connectivity index (χ4v) is 1.82. The van der Waals surface area contributed by atoms with Gasteiger partial charge in [-0.3, -0.25) is 0 Å². The summed E-state index contributed by atoms with van der Waals surface area (Å²) in [5.74, 6) is 0.402. The highest BCUT2D eigenvalue weighted by Gasteiger charge is 2.19. The first-order chi connectivity index (χ1) is 4.86. The van der Waals surface area contributed by atoms with E-state index in [-0.39, 0.29) is 6.61 Å². The third-order valence-electron chi connectivity index (χ3n) is 1.89. The first kappa shape index (κ1) is 8.74. The largest absolute Gasteiger partial charge is 0.396 e. The molecule has 0 radical (unpaired) electrons. The van der Waals surface area contributed by atoms with Gasteiger partial charge in [0, 0.05) is 17.0 Å². The van der Waals surface area contributed by atoms with Gasteiger partial charge in [0.15, 0.2) is 0 Å². The molecule has 0 aliphatic carbocycles. The zero-order chi connectivity index (χ0) is 7.40. The molecule has 1 N–H and O–H groups in total. The maximum Gasteiger partial charge on any atom is 0.0664 e. The van der Waals surface area contributed by atoms with Crippen LogP contribution < -0.4 is 0 Å². The lowest BCUT2D eigenvalue weighted by molar-refractivity contribution is -0.0165. The van der Waals surface area contributed by atoms with Gasteiger partial charge in [0.1, 0.15) is 0 Å². The van der Waals surface area contributed by atoms with Crippen molar-refractivity contribution in [2.24, 2.45) is 5.92 Å². The standard InChI is InChI=1S/C7H13IO2/c8-3-7-2-1-6(4-9)5-10-7/h6-7,9H,1-5H2/t6?,7-/m0/s1. The van der Waals surface area contributed by atoms with Crippen LogP contribution in [-0.2, 0) is 4.74 Å². The van der Waals surface area contributed by atoms with Crippen molar-refractivity contribution in [2.45, 2.75) is 18.9 Å². The highest BCUT2D eigenvalue weighted by molar-refractivity contribution is 14.1. The summed E-state index contributed by atoms with van der Waals surface area (Å²) in [6.07, 6.45) is 2.70. The minimum Gasteiger partial charge on any atom is -0.396 e. The zero-order valence-corrected chi connectivity index (χ0v) is 8.08. The molecule has 2 nitrogen and oxygen atoms in total. The molecular weight excluding hydrogens is 243 g/mol. The molecule has 2 atom stereocenters. The third-order valence-corrected chi connectivity index (χ3v) is 2.88. The van der Waals surface area contributed by atoms with Crippen LogP contribution in [0, 0.1) is 5.92 Å². The van der Waals surface area contributed by atoms with Crippen molar-refractivity contribution in [3.63, 3.8) is 0 Å². The molecule has 1 saturated heterocycles. The van der Waals surface area contributed by atoms with Crippen LogP contribution in [0.5, 0.6) is 0 Å². The van der Waals surface area contributed by atoms with Crippen LogP contribution in [0.2, 0.25) is 0 Å². The van der Waals surface area contributed by atoms with Crippen molar-refractivity contribution < 1.29 is 9.84 Å². The van der Waals surface area contributed by atoms with E-state index in [1.807, 2.05) is 0 Å². The fraction of sp³-hybridized carbons (Fsp3) is 1.00. The van der Waals surface area contributed by atoms with Gasteiger partial charge >= 0.3 is 0 Å². The first-order valence-electron chi connectivity index (χ1n) is 3.65. The second kappa shape index (κ2) is 4.51. The summed E-state index contributed by atoms with van der Waals surface area (Å²) in [7, 11) is 0. The molecule has 1 heterocycles. The SMILES string of the molecule is OCC1CC[C@@H](CI)OC1. The van der Waals surface area contributed by atoms with Crippen molar-refractivity contribution in [3.8, 4) is 0 Å². The van der Waals surface area contributed by atoms with Crippen LogP contribution in [0.4, 0.5) is 0 Å². The quantitative estimate of drug-likeness (QED) is 0.594. The summed E-state index contributed by atoms with van der Waals surface area (Å²) in [5.41, 5.74) is 0. The van der Waals surface area contributed by atoms with Crippen molar-refractivity contribution in [3.05, 3.63) is 0 Å². The van der Waals surface area contributed by atoms with Crippen LogP contribution in [-0.4, -0.2) is 28.9 Å². The zero-order valence-electron chi connectivity index (χ0n) is 5.92. The van der Waals surface area contributed by atoms with E-state index in [2.05, 4.69) is 22.6 Å². The van der Waals surface area contributed by atoms with Crippen molar-refractivity contribution >= 4 is 22.6 Å². The Morgan fingerprint density at radius 3 is 2.70 bits per heavy atom. The molecule has 10 heavy (non-hydrogen) atoms. The number of hydrogen-bond acceptors (Lipinski definition) is 2. The Kier molecular flexibility index (Phi) is 3.95. The Morgan fingerprint density at radius 1 is 1.50 bits per heavy atom. The highest BCUT2D eigenvalue weighted by Crippen LogP contribution is 2.19. The van der Waals surface area contributed by atoms with Gasteiger partial charge < -0.3 is 9.84 Å². The van der Waals surface area contributed by atoms with Crippen molar-refractivity contribution in [1.82, 2.24) is 0 Å². The van der Waals surface area contributed by atoms with Gasteiger partial charge in [-0.15, -0.1) is 0 Å². The van der Waals surface area contributed by atoms with E-state index in [1.165, 1.54) is 0 Å². The molecule has 1 unspecified atom stereocenters. The minimum atomic E-state index is 0.286. The van der Waals surface area contributed by atoms with Crippen molar-refractivity contribution in [1.29, 1.82) is 0 Å². The maximum atomic E-state index is 8.77. The Morgan fingerprint density at radius 2 is 2.30 bits per heavy atom. The number of alkyl halides is 1. The Bertz CT molecular complexity index is 77.6. The average Bonchev–Trinajstić information content (AvgIpc) is 2.05. The Balaban J connectivity index is 2.17. The number of halogens is 1. The van der Waals surface area contributed by atoms with E-state index in [0.29, 0.717) is 12.0 Å². The molecule has 0 saturated carbocycles. The summed E-state index contributed by atoms with van der Waals surface area (Å²) >= 11 is 2.34. The molecule has 1 aliphatic rings. The lowest BCUT2D eigenvalue weighted by Gasteiger charge is -2.26. The molecule has 60 valence electrons. The third kappa shape index (κ3) is 2.36. The lowest BCUT2D eigenvalue weighted by Crippen LogP contribution is -2.28. The predicted molar refractivity (Wildman–Crippen MR) is 48.4 cm³/mol. The maximum absolute atomic E-state index is 8.77. The van der Waals surface area contributed by atoms with Gasteiger partial charge in [0.25, 0.3) is 0 Å². The molecule has 3 heteroatoms. The number of ether oxygens (including phenoxy) is 1. The highest BCUT2D eigenvalue weighted by atomic mass is 127. The Labute approximate surface area is 75.1 Å². The van der Waals surface area contributed by atoms with Crippen LogP contribution in [0.3, 0.4) is 0 Å². The summed E-state index contributed by atoms with van der Waals surface area (Å²) in [6.45, 7) is 1.04. The molecule has 1 aliphatic heterocycles. The summed E-state index contributed by atoms with van der Waals surface area (Å²) in [6, 6.07) is 0. The number of aliphatic hydroxyl groups is 1. The molecule has 0 aromatic heterocycles. The molecule has 1 rings (SSSR count). The van der Waals surface area contributed by atoms with Crippen LogP contribution in [0.1, 0.15) is 12.8 Å². The number of hydrogen-bond donors (Lipinski definition) is 1. The molecule has 1 fully saturated rings. The van der Waals surface area contributed by atoms with E-state index in [1.54, 1.807) is 0 Å². The van der Waals surface area contributed by atoms with Crippen LogP contribution in [0.25, 0.3) is 0 Å². The monoisotopic (exact) mass is 256 g/mol. The second-order valence-corrected chi connectivity index (χ2v) is 3.62. The number of aliphatic hydroxyl groups excluding tert-OH is 1. The van der Waals surface area contributed by atoms with Crippen LogP contribution in [0.15, 0.2) is 0 Å². The van der Waals surface area contributed by atoms with E-state index < -0.39 is 0 Å². The van der Waals surface area contributed by atoms with Gasteiger partial charge in [-0.05, 0) is 12.8 Å². The molecule has 0 amide bonds. The second-order valence-electron chi connectivity index (χ2n) is 2.74. The van der Waals surface area contributed by atoms with Gasteiger partial charge in [0.05, 0.1) is 12.7 Å². The van der Waals surface area contributed by atoms with Gasteiger partial charge in [-0.25, -0.2) is 0 Å². The molecular formula is C7H13IO2. The smallest absolute Gasteiger partial charge is 0.0664 e. The summed E-state index contributed by atoms with van der Waals surface area (Å²) in [5, 5.41) is 8.77. The lowest BCUT2D eigenvalue weighted by atomic mass is 10.0. The van der Waals surface area contributed by atoms with E-state index >= 15 is 0 Å². The van der Waals surface area contributed by atoms with E-state index in [4.69, 9.17) is 9.84 Å². The number of rotatable bonds is 2. The van der Waals surface area contributed by atoms with Crippen LogP contribution >= 0.6 is 22.6 Å². The summed E-state index contributed by atoms with van der Waals surface area (Å²) in [4.78, 5) is 0. The van der Waals surface area contributed by atoms with Gasteiger partial charge in [0.2, 0.25) is 0 Å². The molecule has 0 spiro atoms. The average molecular weight is 256 g/mol. The molecule has 0 aromatic carbocycles. The van der Waals surface area contributed by atoms with E-state index in [9.17, 15) is 0 Å². The topological polar surface area (TPSA) is 29.5 Å². The molecule has 0 bridgehead atoms. The van der Waals surface area contributed by atoms with Gasteiger partial charge in [-0.2, -0.15) is 0 Å². The van der Waals surface area contributed by atoms with Gasteiger partial charge in [-0.1, -0.05) is 22.6 Å². The predicted octanol–water partition coefficient (Wildman–Crippen LogP) is 1.21. The minimum absolute atomic E-state index is 0.286. The summed E-state index contributed by atoms with van der Waals surface area (Å²) < 4.78 is 6.54. The normalized spacial score (nSPS) is 34.2.